The summed E-state index contributed by atoms with van der Waals surface area (Å²) < 4.78 is 44.9. The molecule has 0 fully saturated rings. The van der Waals surface area contributed by atoms with Gasteiger partial charge in [-0.3, -0.25) is 4.79 Å². The number of methoxy groups -OCH3 is 1. The van der Waals surface area contributed by atoms with E-state index in [4.69, 9.17) is 0 Å². The molecule has 1 aromatic carbocycles. The minimum absolute atomic E-state index is 0.0105. The van der Waals surface area contributed by atoms with Crippen LogP contribution in [-0.4, -0.2) is 32.4 Å². The van der Waals surface area contributed by atoms with Crippen molar-refractivity contribution < 1.29 is 27.4 Å². The van der Waals surface area contributed by atoms with Crippen LogP contribution in [0.4, 0.5) is 13.2 Å². The third kappa shape index (κ3) is 7.10. The number of hydrogen-bond acceptors (Lipinski definition) is 3. The first-order chi connectivity index (χ1) is 9.40. The Kier molecular flexibility index (Phi) is 6.47. The van der Waals surface area contributed by atoms with Crippen LogP contribution >= 0.6 is 0 Å². The SMILES string of the molecule is COCC(=O)NCc1ccc(COCC(F)(F)F)cc1. The van der Waals surface area contributed by atoms with Crippen LogP contribution in [-0.2, 0) is 27.4 Å². The summed E-state index contributed by atoms with van der Waals surface area (Å²) in [5, 5.41) is 2.64. The molecule has 0 atom stereocenters. The second-order valence-electron chi connectivity index (χ2n) is 4.13. The third-order valence-electron chi connectivity index (χ3n) is 2.32. The van der Waals surface area contributed by atoms with Crippen LogP contribution in [0.1, 0.15) is 11.1 Å². The van der Waals surface area contributed by atoms with Crippen LogP contribution < -0.4 is 5.32 Å². The number of carbonyl (C=O) groups is 1. The quantitative estimate of drug-likeness (QED) is 0.836. The summed E-state index contributed by atoms with van der Waals surface area (Å²) in [5.74, 6) is -0.231. The molecule has 1 aromatic rings. The maximum Gasteiger partial charge on any atom is 0.411 e. The monoisotopic (exact) mass is 291 g/mol. The number of hydrogen-bond donors (Lipinski definition) is 1. The molecule has 112 valence electrons. The second-order valence-corrected chi connectivity index (χ2v) is 4.13. The van der Waals surface area contributed by atoms with Gasteiger partial charge < -0.3 is 14.8 Å². The van der Waals surface area contributed by atoms with Crippen molar-refractivity contribution in [1.29, 1.82) is 0 Å². The van der Waals surface area contributed by atoms with Gasteiger partial charge in [-0.05, 0) is 11.1 Å². The van der Waals surface area contributed by atoms with Gasteiger partial charge in [-0.2, -0.15) is 13.2 Å². The highest BCUT2D eigenvalue weighted by Crippen LogP contribution is 2.15. The van der Waals surface area contributed by atoms with Crippen molar-refractivity contribution in [3.8, 4) is 0 Å². The summed E-state index contributed by atoms with van der Waals surface area (Å²) in [5.41, 5.74) is 1.48. The molecule has 1 rings (SSSR count). The Morgan fingerprint density at radius 2 is 1.80 bits per heavy atom. The topological polar surface area (TPSA) is 47.6 Å². The predicted octanol–water partition coefficient (Wildman–Crippen LogP) is 2.03. The van der Waals surface area contributed by atoms with E-state index in [0.717, 1.165) is 5.56 Å². The lowest BCUT2D eigenvalue weighted by atomic mass is 10.1. The Hall–Kier alpha value is -1.60. The molecular formula is C13H16F3NO3. The lowest BCUT2D eigenvalue weighted by Gasteiger charge is -2.08. The molecule has 0 aliphatic heterocycles. The molecule has 0 unspecified atom stereocenters. The Balaban J connectivity index is 2.35. The predicted molar refractivity (Wildman–Crippen MR) is 65.9 cm³/mol. The van der Waals surface area contributed by atoms with Gasteiger partial charge >= 0.3 is 6.18 Å². The molecule has 4 nitrogen and oxygen atoms in total. The summed E-state index contributed by atoms with van der Waals surface area (Å²) in [7, 11) is 1.43. The summed E-state index contributed by atoms with van der Waals surface area (Å²) in [6.45, 7) is -1.03. The number of halogens is 3. The highest BCUT2D eigenvalue weighted by molar-refractivity contribution is 5.77. The third-order valence-corrected chi connectivity index (χ3v) is 2.32. The van der Waals surface area contributed by atoms with Crippen molar-refractivity contribution in [2.45, 2.75) is 19.3 Å². The van der Waals surface area contributed by atoms with Gasteiger partial charge in [0, 0.05) is 13.7 Å². The van der Waals surface area contributed by atoms with Crippen LogP contribution in [0.5, 0.6) is 0 Å². The number of rotatable bonds is 7. The van der Waals surface area contributed by atoms with Crippen molar-refractivity contribution in [2.75, 3.05) is 20.3 Å². The number of benzene rings is 1. The fraction of sp³-hybridized carbons (Fsp3) is 0.462. The van der Waals surface area contributed by atoms with Gasteiger partial charge in [0.05, 0.1) is 6.61 Å². The van der Waals surface area contributed by atoms with Gasteiger partial charge in [0.1, 0.15) is 13.2 Å². The Morgan fingerprint density at radius 1 is 1.20 bits per heavy atom. The van der Waals surface area contributed by atoms with E-state index < -0.39 is 12.8 Å². The van der Waals surface area contributed by atoms with Crippen LogP contribution in [0.15, 0.2) is 24.3 Å². The number of carbonyl (C=O) groups excluding carboxylic acids is 1. The van der Waals surface area contributed by atoms with E-state index in [1.165, 1.54) is 7.11 Å². The summed E-state index contributed by atoms with van der Waals surface area (Å²) in [4.78, 5) is 11.2. The molecule has 0 aromatic heterocycles. The first-order valence-electron chi connectivity index (χ1n) is 5.88. The lowest BCUT2D eigenvalue weighted by Crippen LogP contribution is -2.26. The second kappa shape index (κ2) is 7.86. The van der Waals surface area contributed by atoms with Crippen LogP contribution in [0.2, 0.25) is 0 Å². The van der Waals surface area contributed by atoms with Crippen molar-refractivity contribution in [2.24, 2.45) is 0 Å². The molecular weight excluding hydrogens is 275 g/mol. The van der Waals surface area contributed by atoms with Gasteiger partial charge in [0.2, 0.25) is 5.91 Å². The zero-order chi connectivity index (χ0) is 15.0. The van der Waals surface area contributed by atoms with E-state index in [-0.39, 0.29) is 19.1 Å². The first kappa shape index (κ1) is 16.5. The highest BCUT2D eigenvalue weighted by Gasteiger charge is 2.27. The van der Waals surface area contributed by atoms with Crippen LogP contribution in [0.25, 0.3) is 0 Å². The minimum Gasteiger partial charge on any atom is -0.375 e. The average Bonchev–Trinajstić information content (AvgIpc) is 2.37. The van der Waals surface area contributed by atoms with Gasteiger partial charge in [-0.25, -0.2) is 0 Å². The fourth-order valence-electron chi connectivity index (χ4n) is 1.42. The molecule has 0 saturated heterocycles. The van der Waals surface area contributed by atoms with Gasteiger partial charge in [-0.15, -0.1) is 0 Å². The number of ether oxygens (including phenoxy) is 2. The van der Waals surface area contributed by atoms with Crippen LogP contribution in [0.3, 0.4) is 0 Å². The number of alkyl halides is 3. The highest BCUT2D eigenvalue weighted by atomic mass is 19.4. The summed E-state index contributed by atoms with van der Waals surface area (Å²) in [6, 6.07) is 6.76. The van der Waals surface area contributed by atoms with E-state index in [1.54, 1.807) is 24.3 Å². The zero-order valence-electron chi connectivity index (χ0n) is 11.0. The molecule has 1 N–H and O–H groups in total. The molecule has 7 heteroatoms. The summed E-state index contributed by atoms with van der Waals surface area (Å²) >= 11 is 0. The van der Waals surface area contributed by atoms with E-state index in [2.05, 4.69) is 14.8 Å². The number of nitrogens with one attached hydrogen (secondary N) is 1. The normalized spacial score (nSPS) is 11.4. The van der Waals surface area contributed by atoms with Gasteiger partial charge in [0.15, 0.2) is 0 Å². The lowest BCUT2D eigenvalue weighted by molar-refractivity contribution is -0.176. The first-order valence-corrected chi connectivity index (χ1v) is 5.88. The van der Waals surface area contributed by atoms with Crippen molar-refractivity contribution in [3.63, 3.8) is 0 Å². The molecule has 0 saturated carbocycles. The van der Waals surface area contributed by atoms with E-state index in [1.807, 2.05) is 0 Å². The number of amides is 1. The maximum absolute atomic E-state index is 11.9. The molecule has 20 heavy (non-hydrogen) atoms. The van der Waals surface area contributed by atoms with Crippen molar-refractivity contribution in [3.05, 3.63) is 35.4 Å². The van der Waals surface area contributed by atoms with Crippen molar-refractivity contribution in [1.82, 2.24) is 5.32 Å². The molecule has 0 heterocycles. The molecule has 0 spiro atoms. The van der Waals surface area contributed by atoms with E-state index in [9.17, 15) is 18.0 Å². The smallest absolute Gasteiger partial charge is 0.375 e. The molecule has 1 amide bonds. The van der Waals surface area contributed by atoms with E-state index in [0.29, 0.717) is 12.1 Å². The van der Waals surface area contributed by atoms with Gasteiger partial charge in [-0.1, -0.05) is 24.3 Å². The molecule has 0 aliphatic rings. The largest absolute Gasteiger partial charge is 0.411 e. The van der Waals surface area contributed by atoms with Crippen LogP contribution in [0, 0.1) is 0 Å². The molecule has 0 bridgehead atoms. The maximum atomic E-state index is 11.9. The fourth-order valence-corrected chi connectivity index (χ4v) is 1.42. The zero-order valence-corrected chi connectivity index (χ0v) is 11.0. The molecule has 0 radical (unpaired) electrons. The Labute approximate surface area is 114 Å². The molecule has 0 aliphatic carbocycles. The minimum atomic E-state index is -4.31. The van der Waals surface area contributed by atoms with Crippen molar-refractivity contribution >= 4 is 5.91 Å². The Morgan fingerprint density at radius 3 is 2.35 bits per heavy atom. The standard InChI is InChI=1S/C13H16F3NO3/c1-19-8-12(18)17-6-10-2-4-11(5-3-10)7-20-9-13(14,15)16/h2-5H,6-9H2,1H3,(H,17,18). The van der Waals surface area contributed by atoms with E-state index >= 15 is 0 Å². The summed E-state index contributed by atoms with van der Waals surface area (Å²) in [6.07, 6.45) is -4.31. The Bertz CT molecular complexity index is 418. The van der Waals surface area contributed by atoms with Gasteiger partial charge in [0.25, 0.3) is 0 Å². The average molecular weight is 291 g/mol.